The van der Waals surface area contributed by atoms with E-state index in [-0.39, 0.29) is 0 Å². The van der Waals surface area contributed by atoms with Crippen molar-refractivity contribution in [3.05, 3.63) is 146 Å². The third-order valence-corrected chi connectivity index (χ3v) is 8.73. The van der Waals surface area contributed by atoms with E-state index in [2.05, 4.69) is 144 Å². The summed E-state index contributed by atoms with van der Waals surface area (Å²) in [6.07, 6.45) is 0. The first-order valence-electron chi connectivity index (χ1n) is 15.2. The van der Waals surface area contributed by atoms with Crippen molar-refractivity contribution in [1.82, 2.24) is 0 Å². The highest BCUT2D eigenvalue weighted by Crippen LogP contribution is 2.37. The van der Waals surface area contributed by atoms with Gasteiger partial charge >= 0.3 is 7.48 Å². The molecule has 6 rings (SSSR count). The fourth-order valence-electron chi connectivity index (χ4n) is 5.33. The van der Waals surface area contributed by atoms with Crippen molar-refractivity contribution in [2.45, 2.75) is 38.9 Å². The molecule has 6 aromatic rings. The van der Waals surface area contributed by atoms with Gasteiger partial charge in [0.25, 0.3) is 0 Å². The second-order valence-electron chi connectivity index (χ2n) is 12.3. The van der Waals surface area contributed by atoms with E-state index in [1.54, 1.807) is 13.8 Å². The smallest absolute Gasteiger partial charge is 0.309 e. The normalized spacial score (nSPS) is 11.8. The maximum Gasteiger partial charge on any atom is 0.309 e. The van der Waals surface area contributed by atoms with Crippen molar-refractivity contribution in [2.24, 2.45) is 0 Å². The average Bonchev–Trinajstić information content (AvgIpc) is 3.05. The predicted molar refractivity (Wildman–Crippen MR) is 188 cm³/mol. The zero-order chi connectivity index (χ0) is 30.7. The Balaban J connectivity index is 1.34. The van der Waals surface area contributed by atoms with Gasteiger partial charge in [-0.2, -0.15) is 0 Å². The molecule has 0 aliphatic rings. The minimum Gasteiger partial charge on any atom is -0.427 e. The van der Waals surface area contributed by atoms with Crippen LogP contribution in [-0.4, -0.2) is 23.8 Å². The molecular weight excluding hydrogens is 537 g/mol. The summed E-state index contributed by atoms with van der Waals surface area (Å²) in [5.74, 6) is 0. The molecule has 0 aliphatic carbocycles. The quantitative estimate of drug-likeness (QED) is 0.175. The Hall–Kier alpha value is -4.64. The molecule has 4 heteroatoms. The summed E-state index contributed by atoms with van der Waals surface area (Å²) in [4.78, 5) is 2.28. The Labute approximate surface area is 261 Å². The maximum atomic E-state index is 10.5. The van der Waals surface area contributed by atoms with Gasteiger partial charge in [0.1, 0.15) is 0 Å². The lowest BCUT2D eigenvalue weighted by Crippen LogP contribution is -2.49. The molecule has 0 spiro atoms. The number of benzene rings is 6. The first-order valence-corrected chi connectivity index (χ1v) is 15.2. The molecule has 0 aliphatic heterocycles. The number of aliphatic hydroxyl groups is 1. The van der Waals surface area contributed by atoms with Crippen LogP contribution in [0.4, 0.5) is 17.1 Å². The lowest BCUT2D eigenvalue weighted by molar-refractivity contribution is -0.0893. The third-order valence-electron chi connectivity index (χ3n) is 8.73. The molecule has 0 bridgehead atoms. The van der Waals surface area contributed by atoms with Gasteiger partial charge in [-0.15, -0.1) is 0 Å². The number of hydrogen-bond acceptors (Lipinski definition) is 3. The maximum absolute atomic E-state index is 10.5. The summed E-state index contributed by atoms with van der Waals surface area (Å²) in [7, 11) is 0.419. The zero-order valence-corrected chi connectivity index (χ0v) is 25.9. The number of nitrogens with zero attached hydrogens (tertiary/aromatic N) is 1. The summed E-state index contributed by atoms with van der Waals surface area (Å²) in [6, 6.07) is 51.5. The van der Waals surface area contributed by atoms with E-state index in [1.807, 2.05) is 19.9 Å². The molecule has 1 N–H and O–H groups in total. The van der Waals surface area contributed by atoms with Gasteiger partial charge in [0, 0.05) is 17.1 Å². The zero-order valence-electron chi connectivity index (χ0n) is 25.9. The van der Waals surface area contributed by atoms with Crippen LogP contribution in [0, 0.1) is 0 Å². The van der Waals surface area contributed by atoms with Gasteiger partial charge in [-0.1, -0.05) is 115 Å². The molecule has 0 saturated carbocycles. The van der Waals surface area contributed by atoms with Crippen molar-refractivity contribution in [2.75, 3.05) is 4.90 Å². The Bertz CT molecular complexity index is 1830. The van der Waals surface area contributed by atoms with E-state index in [0.29, 0.717) is 7.48 Å². The van der Waals surface area contributed by atoms with Crippen LogP contribution in [-0.2, 0) is 4.65 Å². The molecule has 0 heterocycles. The molecule has 218 valence electrons. The average molecular weight is 576 g/mol. The second kappa shape index (κ2) is 12.2. The molecule has 0 aromatic heterocycles. The van der Waals surface area contributed by atoms with E-state index in [4.69, 9.17) is 4.65 Å². The Morgan fingerprint density at radius 3 is 1.64 bits per heavy atom. The number of rotatable bonds is 9. The third kappa shape index (κ3) is 6.19. The van der Waals surface area contributed by atoms with Crippen LogP contribution in [0.15, 0.2) is 146 Å². The van der Waals surface area contributed by atoms with Crippen LogP contribution >= 0.6 is 0 Å². The van der Waals surface area contributed by atoms with Gasteiger partial charge in [0.15, 0.2) is 0 Å². The summed E-state index contributed by atoms with van der Waals surface area (Å²) < 4.78 is 6.13. The van der Waals surface area contributed by atoms with Crippen molar-refractivity contribution in [3.63, 3.8) is 0 Å². The first-order chi connectivity index (χ1) is 21.2. The van der Waals surface area contributed by atoms with E-state index >= 15 is 0 Å². The van der Waals surface area contributed by atoms with Crippen LogP contribution in [0.5, 0.6) is 0 Å². The van der Waals surface area contributed by atoms with Gasteiger partial charge in [0.05, 0.1) is 11.2 Å². The van der Waals surface area contributed by atoms with E-state index in [0.717, 1.165) is 22.5 Å². The Morgan fingerprint density at radius 2 is 1.02 bits per heavy atom. The van der Waals surface area contributed by atoms with E-state index in [9.17, 15) is 5.11 Å². The molecule has 0 radical (unpaired) electrons. The standard InChI is InChI=1S/C40H38BNO2/c1-39(2,43)40(3,4)44-41-33-21-27-36(28-22-33)42(34-23-17-30(18-24-34)29-11-6-5-7-12-29)35-25-19-32(20-26-35)38-16-10-14-31-13-8-9-15-37(31)38/h5-28,41,43H,1-4H3. The van der Waals surface area contributed by atoms with Gasteiger partial charge in [-0.25, -0.2) is 0 Å². The minimum atomic E-state index is -0.951. The molecule has 6 aromatic carbocycles. The predicted octanol–water partition coefficient (Wildman–Crippen LogP) is 9.19. The lowest BCUT2D eigenvalue weighted by atomic mass is 9.82. The van der Waals surface area contributed by atoms with Crippen LogP contribution in [0.2, 0.25) is 0 Å². The largest absolute Gasteiger partial charge is 0.427 e. The minimum absolute atomic E-state index is 0.419. The summed E-state index contributed by atoms with van der Waals surface area (Å²) in [5.41, 5.74) is 7.43. The highest BCUT2D eigenvalue weighted by molar-refractivity contribution is 6.47. The molecular formula is C40H38BNO2. The first kappa shape index (κ1) is 29.4. The second-order valence-corrected chi connectivity index (χ2v) is 12.3. The van der Waals surface area contributed by atoms with Crippen LogP contribution in [0.25, 0.3) is 33.0 Å². The number of anilines is 3. The van der Waals surface area contributed by atoms with Gasteiger partial charge < -0.3 is 14.7 Å². The van der Waals surface area contributed by atoms with E-state index in [1.165, 1.54) is 33.0 Å². The summed E-state index contributed by atoms with van der Waals surface area (Å²) >= 11 is 0. The Kier molecular flexibility index (Phi) is 8.14. The summed E-state index contributed by atoms with van der Waals surface area (Å²) in [6.45, 7) is 7.40. The van der Waals surface area contributed by atoms with Crippen LogP contribution < -0.4 is 10.4 Å². The van der Waals surface area contributed by atoms with Crippen molar-refractivity contribution >= 4 is 40.8 Å². The van der Waals surface area contributed by atoms with Crippen molar-refractivity contribution < 1.29 is 9.76 Å². The Morgan fingerprint density at radius 1 is 0.523 bits per heavy atom. The number of hydrogen-bond donors (Lipinski definition) is 1. The van der Waals surface area contributed by atoms with Crippen molar-refractivity contribution in [1.29, 1.82) is 0 Å². The fraction of sp³-hybridized carbons (Fsp3) is 0.150. The summed E-state index contributed by atoms with van der Waals surface area (Å²) in [5, 5.41) is 13.0. The SMILES string of the molecule is CC(C)(O)C(C)(C)OBc1ccc(N(c2ccc(-c3ccccc3)cc2)c2ccc(-c3cccc4ccccc34)cc2)cc1. The van der Waals surface area contributed by atoms with Gasteiger partial charge in [-0.3, -0.25) is 0 Å². The molecule has 3 nitrogen and oxygen atoms in total. The highest BCUT2D eigenvalue weighted by Gasteiger charge is 2.35. The topological polar surface area (TPSA) is 32.7 Å². The lowest BCUT2D eigenvalue weighted by Gasteiger charge is -2.37. The monoisotopic (exact) mass is 575 g/mol. The van der Waals surface area contributed by atoms with Gasteiger partial charge in [0.2, 0.25) is 0 Å². The molecule has 0 fully saturated rings. The fourth-order valence-corrected chi connectivity index (χ4v) is 5.33. The highest BCUT2D eigenvalue weighted by atomic mass is 16.5. The molecule has 0 atom stereocenters. The van der Waals surface area contributed by atoms with Crippen LogP contribution in [0.1, 0.15) is 27.7 Å². The molecule has 0 saturated heterocycles. The van der Waals surface area contributed by atoms with E-state index < -0.39 is 11.2 Å². The van der Waals surface area contributed by atoms with Crippen LogP contribution in [0.3, 0.4) is 0 Å². The van der Waals surface area contributed by atoms with Gasteiger partial charge in [-0.05, 0) is 97.1 Å². The molecule has 44 heavy (non-hydrogen) atoms. The molecule has 0 amide bonds. The van der Waals surface area contributed by atoms with Crippen molar-refractivity contribution in [3.8, 4) is 22.3 Å². The number of fused-ring (bicyclic) bond motifs is 1. The molecule has 0 unspecified atom stereocenters.